The lowest BCUT2D eigenvalue weighted by Gasteiger charge is -2.33. The van der Waals surface area contributed by atoms with E-state index in [0.29, 0.717) is 6.54 Å². The lowest BCUT2D eigenvalue weighted by atomic mass is 10.3. The van der Waals surface area contributed by atoms with Gasteiger partial charge in [0, 0.05) is 26.2 Å². The number of rotatable bonds is 2. The minimum atomic E-state index is 0.104. The number of amides is 1. The Hall–Kier alpha value is -1.27. The van der Waals surface area contributed by atoms with Crippen LogP contribution in [-0.2, 0) is 4.79 Å². The highest BCUT2D eigenvalue weighted by molar-refractivity contribution is 5.87. The van der Waals surface area contributed by atoms with Crippen LogP contribution in [-0.4, -0.2) is 48.4 Å². The van der Waals surface area contributed by atoms with Gasteiger partial charge in [0.1, 0.15) is 0 Å². The molecule has 3 nitrogen and oxygen atoms in total. The second kappa shape index (κ2) is 5.46. The molecule has 1 aliphatic rings. The molecule has 76 valence electrons. The SMILES string of the molecule is C#CCN1CCN(C(=O)/C=C/C)CC1. The molecule has 0 atom stereocenters. The number of carbonyl (C=O) groups excluding carboxylic acids is 1. The van der Waals surface area contributed by atoms with Gasteiger partial charge in [-0.15, -0.1) is 6.42 Å². The third-order valence-corrected chi connectivity index (χ3v) is 2.31. The number of piperazine rings is 1. The third-order valence-electron chi connectivity index (χ3n) is 2.31. The number of carbonyl (C=O) groups is 1. The summed E-state index contributed by atoms with van der Waals surface area (Å²) in [5, 5.41) is 0. The van der Waals surface area contributed by atoms with Crippen LogP contribution >= 0.6 is 0 Å². The van der Waals surface area contributed by atoms with E-state index in [1.165, 1.54) is 0 Å². The Balaban J connectivity index is 2.36. The standard InChI is InChI=1S/C11H16N2O/c1-3-5-11(14)13-9-7-12(6-4-2)8-10-13/h2-3,5H,6-10H2,1H3/b5-3+. The van der Waals surface area contributed by atoms with Crippen molar-refractivity contribution in [1.82, 2.24) is 9.80 Å². The number of terminal acetylenes is 1. The van der Waals surface area contributed by atoms with Crippen molar-refractivity contribution in [2.75, 3.05) is 32.7 Å². The Morgan fingerprint density at radius 2 is 2.07 bits per heavy atom. The Morgan fingerprint density at radius 1 is 1.43 bits per heavy atom. The minimum Gasteiger partial charge on any atom is -0.337 e. The number of hydrogen-bond donors (Lipinski definition) is 0. The van der Waals surface area contributed by atoms with Crippen LogP contribution in [0.15, 0.2) is 12.2 Å². The van der Waals surface area contributed by atoms with Gasteiger partial charge in [-0.2, -0.15) is 0 Å². The molecule has 1 aliphatic heterocycles. The third kappa shape index (κ3) is 2.90. The normalized spacial score (nSPS) is 18.4. The number of hydrogen-bond acceptors (Lipinski definition) is 2. The van der Waals surface area contributed by atoms with Crippen LogP contribution in [0.1, 0.15) is 6.92 Å². The molecule has 0 aromatic rings. The van der Waals surface area contributed by atoms with Crippen molar-refractivity contribution in [2.45, 2.75) is 6.92 Å². The predicted molar refractivity (Wildman–Crippen MR) is 56.7 cm³/mol. The van der Waals surface area contributed by atoms with Crippen LogP contribution < -0.4 is 0 Å². The summed E-state index contributed by atoms with van der Waals surface area (Å²) in [5.41, 5.74) is 0. The summed E-state index contributed by atoms with van der Waals surface area (Å²) in [5.74, 6) is 2.72. The highest BCUT2D eigenvalue weighted by Gasteiger charge is 2.18. The van der Waals surface area contributed by atoms with Crippen molar-refractivity contribution in [2.24, 2.45) is 0 Å². The molecule has 0 saturated carbocycles. The van der Waals surface area contributed by atoms with Crippen molar-refractivity contribution >= 4 is 5.91 Å². The van der Waals surface area contributed by atoms with E-state index in [2.05, 4.69) is 10.8 Å². The summed E-state index contributed by atoms with van der Waals surface area (Å²) in [7, 11) is 0. The zero-order valence-corrected chi connectivity index (χ0v) is 8.57. The molecule has 0 N–H and O–H groups in total. The first-order chi connectivity index (χ1) is 6.77. The summed E-state index contributed by atoms with van der Waals surface area (Å²) >= 11 is 0. The van der Waals surface area contributed by atoms with Gasteiger partial charge in [0.05, 0.1) is 6.54 Å². The molecule has 1 rings (SSSR count). The van der Waals surface area contributed by atoms with Crippen molar-refractivity contribution < 1.29 is 4.79 Å². The maximum absolute atomic E-state index is 11.4. The second-order valence-corrected chi connectivity index (χ2v) is 3.31. The van der Waals surface area contributed by atoms with Gasteiger partial charge in [0.2, 0.25) is 5.91 Å². The van der Waals surface area contributed by atoms with Gasteiger partial charge in [0.15, 0.2) is 0 Å². The second-order valence-electron chi connectivity index (χ2n) is 3.31. The summed E-state index contributed by atoms with van der Waals surface area (Å²) in [6.07, 6.45) is 8.60. The highest BCUT2D eigenvalue weighted by Crippen LogP contribution is 2.01. The van der Waals surface area contributed by atoms with Gasteiger partial charge in [0.25, 0.3) is 0 Å². The van der Waals surface area contributed by atoms with E-state index in [4.69, 9.17) is 6.42 Å². The van der Waals surface area contributed by atoms with E-state index in [9.17, 15) is 4.79 Å². The lowest BCUT2D eigenvalue weighted by molar-refractivity contribution is -0.127. The first-order valence-electron chi connectivity index (χ1n) is 4.85. The summed E-state index contributed by atoms with van der Waals surface area (Å²) in [6, 6.07) is 0. The maximum Gasteiger partial charge on any atom is 0.246 e. The van der Waals surface area contributed by atoms with E-state index in [1.807, 2.05) is 11.8 Å². The summed E-state index contributed by atoms with van der Waals surface area (Å²) in [6.45, 7) is 5.87. The first kappa shape index (κ1) is 10.8. The van der Waals surface area contributed by atoms with Gasteiger partial charge >= 0.3 is 0 Å². The molecule has 0 radical (unpaired) electrons. The molecule has 0 spiro atoms. The quantitative estimate of drug-likeness (QED) is 0.465. The predicted octanol–water partition coefficient (Wildman–Crippen LogP) is 0.340. The molecule has 0 unspecified atom stereocenters. The fraction of sp³-hybridized carbons (Fsp3) is 0.545. The van der Waals surface area contributed by atoms with Crippen molar-refractivity contribution in [1.29, 1.82) is 0 Å². The van der Waals surface area contributed by atoms with Crippen LogP contribution in [0.5, 0.6) is 0 Å². The summed E-state index contributed by atoms with van der Waals surface area (Å²) < 4.78 is 0. The van der Waals surface area contributed by atoms with Gasteiger partial charge in [-0.25, -0.2) is 0 Å². The van der Waals surface area contributed by atoms with Crippen LogP contribution in [0.4, 0.5) is 0 Å². The van der Waals surface area contributed by atoms with Crippen LogP contribution in [0, 0.1) is 12.3 Å². The Kier molecular flexibility index (Phi) is 4.21. The molecule has 1 amide bonds. The molecular weight excluding hydrogens is 176 g/mol. The Labute approximate surface area is 85.4 Å². The summed E-state index contributed by atoms with van der Waals surface area (Å²) in [4.78, 5) is 15.5. The van der Waals surface area contributed by atoms with Crippen molar-refractivity contribution in [3.63, 3.8) is 0 Å². The number of allylic oxidation sites excluding steroid dienone is 1. The molecule has 14 heavy (non-hydrogen) atoms. The molecule has 1 saturated heterocycles. The fourth-order valence-electron chi connectivity index (χ4n) is 1.50. The Bertz CT molecular complexity index is 257. The fourth-order valence-corrected chi connectivity index (χ4v) is 1.50. The molecule has 0 aromatic carbocycles. The topological polar surface area (TPSA) is 23.6 Å². The molecule has 0 aliphatic carbocycles. The van der Waals surface area contributed by atoms with Crippen LogP contribution in [0.25, 0.3) is 0 Å². The first-order valence-corrected chi connectivity index (χ1v) is 4.85. The minimum absolute atomic E-state index is 0.104. The van der Waals surface area contributed by atoms with Crippen molar-refractivity contribution in [3.8, 4) is 12.3 Å². The van der Waals surface area contributed by atoms with Crippen LogP contribution in [0.3, 0.4) is 0 Å². The molecular formula is C11H16N2O. The van der Waals surface area contributed by atoms with E-state index < -0.39 is 0 Å². The molecule has 3 heteroatoms. The zero-order chi connectivity index (χ0) is 10.4. The molecule has 0 aromatic heterocycles. The van der Waals surface area contributed by atoms with Crippen molar-refractivity contribution in [3.05, 3.63) is 12.2 Å². The molecule has 1 fully saturated rings. The highest BCUT2D eigenvalue weighted by atomic mass is 16.2. The van der Waals surface area contributed by atoms with E-state index in [-0.39, 0.29) is 5.91 Å². The van der Waals surface area contributed by atoms with Gasteiger partial charge in [-0.05, 0) is 13.0 Å². The van der Waals surface area contributed by atoms with E-state index >= 15 is 0 Å². The monoisotopic (exact) mass is 192 g/mol. The maximum atomic E-state index is 11.4. The molecule has 1 heterocycles. The van der Waals surface area contributed by atoms with Gasteiger partial charge in [-0.3, -0.25) is 9.69 Å². The number of nitrogens with zero attached hydrogens (tertiary/aromatic N) is 2. The van der Waals surface area contributed by atoms with Gasteiger partial charge < -0.3 is 4.90 Å². The zero-order valence-electron chi connectivity index (χ0n) is 8.57. The van der Waals surface area contributed by atoms with E-state index in [1.54, 1.807) is 12.2 Å². The van der Waals surface area contributed by atoms with Crippen LogP contribution in [0.2, 0.25) is 0 Å². The Morgan fingerprint density at radius 3 is 2.57 bits per heavy atom. The largest absolute Gasteiger partial charge is 0.337 e. The molecule has 0 bridgehead atoms. The average Bonchev–Trinajstić information content (AvgIpc) is 2.20. The van der Waals surface area contributed by atoms with Gasteiger partial charge in [-0.1, -0.05) is 12.0 Å². The smallest absolute Gasteiger partial charge is 0.246 e. The lowest BCUT2D eigenvalue weighted by Crippen LogP contribution is -2.48. The average molecular weight is 192 g/mol. The van der Waals surface area contributed by atoms with E-state index in [0.717, 1.165) is 26.2 Å².